The molecule has 2 heterocycles. The Balaban J connectivity index is 0.998. The molecule has 0 N–H and O–H groups in total. The predicted molar refractivity (Wildman–Crippen MR) is 241 cm³/mol. The molecular weight excluding hydrogens is 691 g/mol. The Labute approximate surface area is 331 Å². The lowest BCUT2D eigenvalue weighted by molar-refractivity contribution is 1.17. The van der Waals surface area contributed by atoms with Crippen LogP contribution in [0.1, 0.15) is 0 Å². The third kappa shape index (κ3) is 5.60. The van der Waals surface area contributed by atoms with Crippen LogP contribution >= 0.6 is 0 Å². The number of rotatable bonds is 7. The molecule has 11 aromatic rings. The molecule has 57 heavy (non-hydrogen) atoms. The minimum atomic E-state index is 1.09. The van der Waals surface area contributed by atoms with Crippen molar-refractivity contribution < 1.29 is 0 Å². The van der Waals surface area contributed by atoms with Crippen molar-refractivity contribution in [3.8, 4) is 33.6 Å². The summed E-state index contributed by atoms with van der Waals surface area (Å²) in [7, 11) is 0. The van der Waals surface area contributed by atoms with Crippen molar-refractivity contribution in [3.63, 3.8) is 0 Å². The second-order valence-corrected chi connectivity index (χ2v) is 14.6. The molecule has 0 fully saturated rings. The zero-order valence-electron chi connectivity index (χ0n) is 31.2. The molecule has 0 unspecified atom stereocenters. The summed E-state index contributed by atoms with van der Waals surface area (Å²) in [6.45, 7) is 0. The number of benzene rings is 9. The largest absolute Gasteiger partial charge is 0.311 e. The van der Waals surface area contributed by atoms with Crippen molar-refractivity contribution >= 4 is 60.7 Å². The molecule has 2 aromatic heterocycles. The van der Waals surface area contributed by atoms with E-state index >= 15 is 0 Å². The number of hydrogen-bond acceptors (Lipinski definition) is 1. The first kappa shape index (κ1) is 32.8. The van der Waals surface area contributed by atoms with Crippen LogP contribution in [0, 0.1) is 0 Å². The molecule has 0 aliphatic rings. The Morgan fingerprint density at radius 3 is 0.842 bits per heavy atom. The third-order valence-corrected chi connectivity index (χ3v) is 11.3. The maximum absolute atomic E-state index is 2.37. The molecule has 9 aromatic carbocycles. The lowest BCUT2D eigenvalue weighted by atomic mass is 10.00. The van der Waals surface area contributed by atoms with Gasteiger partial charge in [0.1, 0.15) is 0 Å². The standard InChI is InChI=1S/C54H37N3/c1-2-12-38(13-3-1)39-22-24-40(25-23-39)41-26-28-42(29-27-41)55(43-30-34-45(35-31-43)56-51-18-8-4-14-47(51)48-15-5-9-19-52(48)56)44-32-36-46(37-33-44)57-53-20-10-6-16-49(53)50-17-7-11-21-54(50)57/h1-37H. The van der Waals surface area contributed by atoms with Crippen LogP contribution in [0.5, 0.6) is 0 Å². The number of aromatic nitrogens is 2. The first-order chi connectivity index (χ1) is 28.3. The summed E-state index contributed by atoms with van der Waals surface area (Å²) in [4.78, 5) is 2.35. The lowest BCUT2D eigenvalue weighted by Gasteiger charge is -2.26. The maximum atomic E-state index is 2.37. The SMILES string of the molecule is c1ccc(-c2ccc(-c3ccc(N(c4ccc(-n5c6ccccc6c6ccccc65)cc4)c4ccc(-n5c6ccccc6c6ccccc65)cc4)cc3)cc2)cc1. The molecule has 3 heteroatoms. The van der Waals surface area contributed by atoms with Gasteiger partial charge in [0.2, 0.25) is 0 Å². The Morgan fingerprint density at radius 2 is 0.491 bits per heavy atom. The molecule has 0 spiro atoms. The fraction of sp³-hybridized carbons (Fsp3) is 0. The third-order valence-electron chi connectivity index (χ3n) is 11.3. The van der Waals surface area contributed by atoms with E-state index in [0.717, 1.165) is 28.4 Å². The van der Waals surface area contributed by atoms with Gasteiger partial charge in [-0.25, -0.2) is 0 Å². The Morgan fingerprint density at radius 1 is 0.228 bits per heavy atom. The Kier molecular flexibility index (Phi) is 7.82. The van der Waals surface area contributed by atoms with Crippen LogP contribution in [0.15, 0.2) is 224 Å². The highest BCUT2D eigenvalue weighted by atomic mass is 15.1. The van der Waals surface area contributed by atoms with E-state index in [4.69, 9.17) is 0 Å². The van der Waals surface area contributed by atoms with Gasteiger partial charge in [-0.05, 0) is 107 Å². The molecule has 0 atom stereocenters. The number of para-hydroxylation sites is 4. The molecular formula is C54H37N3. The van der Waals surface area contributed by atoms with Crippen LogP contribution in [0.25, 0.3) is 77.2 Å². The fourth-order valence-corrected chi connectivity index (χ4v) is 8.64. The number of nitrogens with zero attached hydrogens (tertiary/aromatic N) is 3. The first-order valence-electron chi connectivity index (χ1n) is 19.5. The van der Waals surface area contributed by atoms with Crippen molar-refractivity contribution in [1.29, 1.82) is 0 Å². The van der Waals surface area contributed by atoms with Crippen LogP contribution in [-0.2, 0) is 0 Å². The van der Waals surface area contributed by atoms with E-state index in [0.29, 0.717) is 0 Å². The van der Waals surface area contributed by atoms with E-state index in [9.17, 15) is 0 Å². The van der Waals surface area contributed by atoms with Crippen molar-refractivity contribution in [2.75, 3.05) is 4.90 Å². The first-order valence-corrected chi connectivity index (χ1v) is 19.5. The van der Waals surface area contributed by atoms with Gasteiger partial charge in [-0.3, -0.25) is 0 Å². The number of anilines is 3. The lowest BCUT2D eigenvalue weighted by Crippen LogP contribution is -2.10. The van der Waals surface area contributed by atoms with Gasteiger partial charge >= 0.3 is 0 Å². The summed E-state index contributed by atoms with van der Waals surface area (Å²) in [5.41, 5.74) is 15.2. The molecule has 11 rings (SSSR count). The van der Waals surface area contributed by atoms with E-state index in [1.807, 2.05) is 0 Å². The zero-order valence-corrected chi connectivity index (χ0v) is 31.2. The molecule has 0 aliphatic heterocycles. The molecule has 0 radical (unpaired) electrons. The molecule has 3 nitrogen and oxygen atoms in total. The van der Waals surface area contributed by atoms with Gasteiger partial charge < -0.3 is 14.0 Å². The van der Waals surface area contributed by atoms with Crippen molar-refractivity contribution in [2.24, 2.45) is 0 Å². The van der Waals surface area contributed by atoms with Gasteiger partial charge in [0, 0.05) is 50.0 Å². The molecule has 0 bridgehead atoms. The minimum absolute atomic E-state index is 1.09. The molecule has 0 aliphatic carbocycles. The van der Waals surface area contributed by atoms with Gasteiger partial charge in [0.05, 0.1) is 22.1 Å². The second kappa shape index (κ2) is 13.6. The fourth-order valence-electron chi connectivity index (χ4n) is 8.64. The number of hydrogen-bond donors (Lipinski definition) is 0. The van der Waals surface area contributed by atoms with Gasteiger partial charge in [0.25, 0.3) is 0 Å². The summed E-state index contributed by atoms with van der Waals surface area (Å²) in [6, 6.07) is 81.0. The van der Waals surface area contributed by atoms with E-state index in [-0.39, 0.29) is 0 Å². The van der Waals surface area contributed by atoms with Gasteiger partial charge in [-0.1, -0.05) is 140 Å². The molecule has 0 saturated heterocycles. The molecule has 0 saturated carbocycles. The summed E-state index contributed by atoms with van der Waals surface area (Å²) < 4.78 is 4.74. The van der Waals surface area contributed by atoms with Crippen molar-refractivity contribution in [1.82, 2.24) is 9.13 Å². The van der Waals surface area contributed by atoms with Crippen LogP contribution in [0.2, 0.25) is 0 Å². The molecule has 0 amide bonds. The van der Waals surface area contributed by atoms with E-state index in [1.54, 1.807) is 0 Å². The summed E-state index contributed by atoms with van der Waals surface area (Å²) in [5.74, 6) is 0. The van der Waals surface area contributed by atoms with E-state index in [2.05, 4.69) is 238 Å². The smallest absolute Gasteiger partial charge is 0.0541 e. The highest BCUT2D eigenvalue weighted by molar-refractivity contribution is 6.10. The van der Waals surface area contributed by atoms with Gasteiger partial charge in [0.15, 0.2) is 0 Å². The maximum Gasteiger partial charge on any atom is 0.0541 e. The Hall–Kier alpha value is -7.62. The summed E-state index contributed by atoms with van der Waals surface area (Å²) >= 11 is 0. The van der Waals surface area contributed by atoms with Crippen LogP contribution < -0.4 is 4.90 Å². The summed E-state index contributed by atoms with van der Waals surface area (Å²) in [5, 5.41) is 5.04. The predicted octanol–water partition coefficient (Wildman–Crippen LogP) is 14.7. The second-order valence-electron chi connectivity index (χ2n) is 14.6. The highest BCUT2D eigenvalue weighted by Gasteiger charge is 2.17. The van der Waals surface area contributed by atoms with Crippen LogP contribution in [0.4, 0.5) is 17.1 Å². The zero-order chi connectivity index (χ0) is 37.7. The van der Waals surface area contributed by atoms with Crippen LogP contribution in [0.3, 0.4) is 0 Å². The van der Waals surface area contributed by atoms with Crippen LogP contribution in [-0.4, -0.2) is 9.13 Å². The quantitative estimate of drug-likeness (QED) is 0.159. The molecule has 268 valence electrons. The van der Waals surface area contributed by atoms with E-state index in [1.165, 1.54) is 65.9 Å². The van der Waals surface area contributed by atoms with Gasteiger partial charge in [-0.15, -0.1) is 0 Å². The minimum Gasteiger partial charge on any atom is -0.311 e. The highest BCUT2D eigenvalue weighted by Crippen LogP contribution is 2.39. The Bertz CT molecular complexity index is 2930. The van der Waals surface area contributed by atoms with Gasteiger partial charge in [-0.2, -0.15) is 0 Å². The monoisotopic (exact) mass is 727 g/mol. The normalized spacial score (nSPS) is 11.5. The topological polar surface area (TPSA) is 13.1 Å². The summed E-state index contributed by atoms with van der Waals surface area (Å²) in [6.07, 6.45) is 0. The van der Waals surface area contributed by atoms with Crippen molar-refractivity contribution in [2.45, 2.75) is 0 Å². The number of fused-ring (bicyclic) bond motifs is 6. The average molecular weight is 728 g/mol. The van der Waals surface area contributed by atoms with Crippen molar-refractivity contribution in [3.05, 3.63) is 224 Å². The van der Waals surface area contributed by atoms with E-state index < -0.39 is 0 Å². The average Bonchev–Trinajstić information content (AvgIpc) is 3.81.